The number of amides is 2. The van der Waals surface area contributed by atoms with E-state index in [0.717, 1.165) is 6.54 Å². The van der Waals surface area contributed by atoms with Gasteiger partial charge in [-0.3, -0.25) is 14.5 Å². The SMILES string of the molecule is CN(CC1CCCCC1)C(=O)CN1CCOCC1C(N)=O. The zero-order valence-corrected chi connectivity index (χ0v) is 12.9. The highest BCUT2D eigenvalue weighted by atomic mass is 16.5. The number of carbonyl (C=O) groups excluding carboxylic acids is 2. The minimum atomic E-state index is -0.481. The van der Waals surface area contributed by atoms with Crippen LogP contribution in [-0.2, 0) is 14.3 Å². The molecular weight excluding hydrogens is 270 g/mol. The Morgan fingerprint density at radius 1 is 1.29 bits per heavy atom. The fourth-order valence-electron chi connectivity index (χ4n) is 3.24. The summed E-state index contributed by atoms with van der Waals surface area (Å²) in [5.74, 6) is 0.274. The van der Waals surface area contributed by atoms with E-state index in [1.807, 2.05) is 16.8 Å². The first-order valence-corrected chi connectivity index (χ1v) is 7.93. The van der Waals surface area contributed by atoms with E-state index in [2.05, 4.69) is 0 Å². The van der Waals surface area contributed by atoms with Gasteiger partial charge in [-0.2, -0.15) is 0 Å². The van der Waals surface area contributed by atoms with Gasteiger partial charge in [0, 0.05) is 20.1 Å². The molecule has 120 valence electrons. The molecule has 1 atom stereocenters. The Hall–Kier alpha value is -1.14. The largest absolute Gasteiger partial charge is 0.378 e. The molecule has 2 amide bonds. The van der Waals surface area contributed by atoms with E-state index >= 15 is 0 Å². The average molecular weight is 297 g/mol. The van der Waals surface area contributed by atoms with E-state index < -0.39 is 11.9 Å². The number of hydrogen-bond acceptors (Lipinski definition) is 4. The molecule has 1 aliphatic heterocycles. The van der Waals surface area contributed by atoms with Crippen LogP contribution in [0.25, 0.3) is 0 Å². The molecule has 2 rings (SSSR count). The number of nitrogens with zero attached hydrogens (tertiary/aromatic N) is 2. The molecular formula is C15H27N3O3. The van der Waals surface area contributed by atoms with Crippen LogP contribution in [0.4, 0.5) is 0 Å². The highest BCUT2D eigenvalue weighted by molar-refractivity contribution is 5.82. The Morgan fingerprint density at radius 3 is 2.67 bits per heavy atom. The number of hydrogen-bond donors (Lipinski definition) is 1. The Kier molecular flexibility index (Phi) is 5.99. The molecule has 0 bridgehead atoms. The highest BCUT2D eigenvalue weighted by Gasteiger charge is 2.30. The van der Waals surface area contributed by atoms with Crippen molar-refractivity contribution in [3.8, 4) is 0 Å². The Labute approximate surface area is 126 Å². The van der Waals surface area contributed by atoms with Gasteiger partial charge < -0.3 is 15.4 Å². The number of ether oxygens (including phenoxy) is 1. The second kappa shape index (κ2) is 7.75. The van der Waals surface area contributed by atoms with Gasteiger partial charge >= 0.3 is 0 Å². The Balaban J connectivity index is 1.82. The number of nitrogens with two attached hydrogens (primary N) is 1. The molecule has 0 aromatic heterocycles. The molecule has 1 saturated carbocycles. The summed E-state index contributed by atoms with van der Waals surface area (Å²) in [5.41, 5.74) is 5.37. The van der Waals surface area contributed by atoms with Gasteiger partial charge in [0.25, 0.3) is 0 Å². The summed E-state index contributed by atoms with van der Waals surface area (Å²) in [6.45, 7) is 2.49. The monoisotopic (exact) mass is 297 g/mol. The van der Waals surface area contributed by atoms with Crippen molar-refractivity contribution in [2.45, 2.75) is 38.1 Å². The molecule has 0 spiro atoms. The van der Waals surface area contributed by atoms with E-state index in [0.29, 0.717) is 19.1 Å². The van der Waals surface area contributed by atoms with E-state index in [9.17, 15) is 9.59 Å². The number of rotatable bonds is 5. The van der Waals surface area contributed by atoms with Crippen LogP contribution in [0, 0.1) is 5.92 Å². The zero-order valence-electron chi connectivity index (χ0n) is 12.9. The Bertz CT molecular complexity index is 369. The van der Waals surface area contributed by atoms with Crippen molar-refractivity contribution < 1.29 is 14.3 Å². The van der Waals surface area contributed by atoms with Crippen LogP contribution >= 0.6 is 0 Å². The lowest BCUT2D eigenvalue weighted by Gasteiger charge is -2.34. The quantitative estimate of drug-likeness (QED) is 0.787. The van der Waals surface area contributed by atoms with Gasteiger partial charge in [-0.05, 0) is 18.8 Å². The molecule has 21 heavy (non-hydrogen) atoms. The number of carbonyl (C=O) groups is 2. The Morgan fingerprint density at radius 2 is 2.00 bits per heavy atom. The number of likely N-dealkylation sites (N-methyl/N-ethyl adjacent to an activating group) is 1. The number of morpholine rings is 1. The topological polar surface area (TPSA) is 75.9 Å². The van der Waals surface area contributed by atoms with Crippen molar-refractivity contribution in [2.24, 2.45) is 11.7 Å². The molecule has 0 aromatic rings. The third-order valence-electron chi connectivity index (χ3n) is 4.59. The predicted molar refractivity (Wildman–Crippen MR) is 79.6 cm³/mol. The summed E-state index contributed by atoms with van der Waals surface area (Å²) in [4.78, 5) is 27.4. The fraction of sp³-hybridized carbons (Fsp3) is 0.867. The highest BCUT2D eigenvalue weighted by Crippen LogP contribution is 2.24. The van der Waals surface area contributed by atoms with Crippen LogP contribution < -0.4 is 5.73 Å². The minimum absolute atomic E-state index is 0.0636. The third kappa shape index (κ3) is 4.68. The van der Waals surface area contributed by atoms with E-state index in [1.165, 1.54) is 32.1 Å². The van der Waals surface area contributed by atoms with Gasteiger partial charge in [0.05, 0.1) is 19.8 Å². The van der Waals surface area contributed by atoms with Crippen molar-refractivity contribution in [3.05, 3.63) is 0 Å². The van der Waals surface area contributed by atoms with E-state index in [1.54, 1.807) is 0 Å². The summed E-state index contributed by atoms with van der Waals surface area (Å²) >= 11 is 0. The standard InChI is InChI=1S/C15H27N3O3/c1-17(9-12-5-3-2-4-6-12)14(19)10-18-7-8-21-11-13(18)15(16)20/h12-13H,2-11H2,1H3,(H2,16,20). The second-order valence-corrected chi connectivity index (χ2v) is 6.24. The van der Waals surface area contributed by atoms with Crippen LogP contribution in [0.2, 0.25) is 0 Å². The van der Waals surface area contributed by atoms with E-state index in [4.69, 9.17) is 10.5 Å². The van der Waals surface area contributed by atoms with Crippen LogP contribution in [-0.4, -0.2) is 67.6 Å². The van der Waals surface area contributed by atoms with Crippen molar-refractivity contribution in [3.63, 3.8) is 0 Å². The summed E-state index contributed by atoms with van der Waals surface area (Å²) in [5, 5.41) is 0. The van der Waals surface area contributed by atoms with Crippen molar-refractivity contribution in [2.75, 3.05) is 39.9 Å². The molecule has 2 N–H and O–H groups in total. The molecule has 1 saturated heterocycles. The van der Waals surface area contributed by atoms with Gasteiger partial charge in [-0.15, -0.1) is 0 Å². The molecule has 6 heteroatoms. The van der Waals surface area contributed by atoms with Crippen molar-refractivity contribution in [1.82, 2.24) is 9.80 Å². The lowest BCUT2D eigenvalue weighted by atomic mass is 9.89. The lowest BCUT2D eigenvalue weighted by molar-refractivity contribution is -0.138. The minimum Gasteiger partial charge on any atom is -0.378 e. The molecule has 6 nitrogen and oxygen atoms in total. The van der Waals surface area contributed by atoms with Crippen molar-refractivity contribution in [1.29, 1.82) is 0 Å². The summed E-state index contributed by atoms with van der Waals surface area (Å²) in [7, 11) is 1.86. The van der Waals surface area contributed by atoms with Gasteiger partial charge in [-0.1, -0.05) is 19.3 Å². The first kappa shape index (κ1) is 16.2. The number of primary amides is 1. The van der Waals surface area contributed by atoms with Gasteiger partial charge in [0.1, 0.15) is 6.04 Å². The summed E-state index contributed by atoms with van der Waals surface area (Å²) in [6.07, 6.45) is 6.32. The maximum atomic E-state index is 12.3. The molecule has 2 fully saturated rings. The van der Waals surface area contributed by atoms with Crippen molar-refractivity contribution >= 4 is 11.8 Å². The van der Waals surface area contributed by atoms with Gasteiger partial charge in [0.15, 0.2) is 0 Å². The fourth-order valence-corrected chi connectivity index (χ4v) is 3.24. The van der Waals surface area contributed by atoms with E-state index in [-0.39, 0.29) is 19.1 Å². The molecule has 0 radical (unpaired) electrons. The smallest absolute Gasteiger partial charge is 0.237 e. The van der Waals surface area contributed by atoms with Crippen LogP contribution in [0.1, 0.15) is 32.1 Å². The maximum Gasteiger partial charge on any atom is 0.237 e. The molecule has 1 heterocycles. The van der Waals surface area contributed by atoms with Crippen LogP contribution in [0.15, 0.2) is 0 Å². The first-order valence-electron chi connectivity index (χ1n) is 7.93. The lowest BCUT2D eigenvalue weighted by Crippen LogP contribution is -2.55. The summed E-state index contributed by atoms with van der Waals surface area (Å²) < 4.78 is 5.27. The predicted octanol–water partition coefficient (Wildman–Crippen LogP) is 0.211. The molecule has 2 aliphatic rings. The zero-order chi connectivity index (χ0) is 15.2. The average Bonchev–Trinajstić information content (AvgIpc) is 2.48. The summed E-state index contributed by atoms with van der Waals surface area (Å²) in [6, 6.07) is -0.481. The maximum absolute atomic E-state index is 12.3. The second-order valence-electron chi connectivity index (χ2n) is 6.24. The molecule has 0 aromatic carbocycles. The first-order chi connectivity index (χ1) is 10.1. The van der Waals surface area contributed by atoms with Gasteiger partial charge in [0.2, 0.25) is 11.8 Å². The molecule has 1 unspecified atom stereocenters. The normalized spacial score (nSPS) is 24.7. The third-order valence-corrected chi connectivity index (χ3v) is 4.59. The van der Waals surface area contributed by atoms with Gasteiger partial charge in [-0.25, -0.2) is 0 Å². The van der Waals surface area contributed by atoms with Crippen LogP contribution in [0.3, 0.4) is 0 Å². The molecule has 1 aliphatic carbocycles. The van der Waals surface area contributed by atoms with Crippen LogP contribution in [0.5, 0.6) is 0 Å².